The normalized spacial score (nSPS) is 3.00. The van der Waals surface area contributed by atoms with Gasteiger partial charge in [0.05, 0.1) is 0 Å². The van der Waals surface area contributed by atoms with Crippen LogP contribution in [0.25, 0.3) is 0 Å². The van der Waals surface area contributed by atoms with E-state index in [1.807, 2.05) is 0 Å². The fourth-order valence-electron chi connectivity index (χ4n) is 0. The van der Waals surface area contributed by atoms with Gasteiger partial charge in [0, 0.05) is 0 Å². The molecule has 0 radical (unpaired) electrons. The second kappa shape index (κ2) is 174. The van der Waals surface area contributed by atoms with Gasteiger partial charge in [-0.2, -0.15) is 0 Å². The summed E-state index contributed by atoms with van der Waals surface area (Å²) in [5, 5.41) is 101. The maximum Gasteiger partial charge on any atom is 1.00 e. The molecule has 0 aliphatic rings. The third-order valence-corrected chi connectivity index (χ3v) is 0. The standard InChI is InChI=1S/4BO3.12Na.8H2O/c4*2-1(3)4;;;;;;;;;;;;;;;;;;;;/h;;;;;;;;;;;;;;;;8*1H2/q4*-3;12*+1;;;;;;;;. The zero-order chi connectivity index (χ0) is 14.3. The number of hydrogen-bond donors (Lipinski definition) is 0. The van der Waals surface area contributed by atoms with Crippen LogP contribution < -0.4 is 415 Å². The van der Waals surface area contributed by atoms with Crippen LogP contribution in [0.1, 0.15) is 0 Å². The first-order chi connectivity index (χ1) is 6.93. The molecule has 16 N–H and O–H groups in total. The predicted octanol–water partition coefficient (Wildman–Crippen LogP) is -58.3. The van der Waals surface area contributed by atoms with E-state index in [0.29, 0.717) is 0 Å². The van der Waals surface area contributed by atoms with E-state index < -0.39 is 29.3 Å². The van der Waals surface area contributed by atoms with Crippen LogP contribution in [0.2, 0.25) is 0 Å². The van der Waals surface area contributed by atoms with E-state index in [2.05, 4.69) is 0 Å². The molecule has 0 rings (SSSR count). The van der Waals surface area contributed by atoms with E-state index in [0.717, 1.165) is 0 Å². The summed E-state index contributed by atoms with van der Waals surface area (Å²) in [6.45, 7) is 0. The summed E-state index contributed by atoms with van der Waals surface area (Å²) in [5.74, 6) is 0. The molecule has 0 aromatic rings. The molecule has 0 aromatic heterocycles. The van der Waals surface area contributed by atoms with Gasteiger partial charge in [-0.05, 0) is 0 Å². The monoisotopic (exact) mass is 656 g/mol. The Morgan fingerprint density at radius 1 is 0.167 bits per heavy atom. The summed E-state index contributed by atoms with van der Waals surface area (Å²) >= 11 is 0. The Kier molecular flexibility index (Phi) is 902. The Hall–Kier alpha value is 11.5. The first kappa shape index (κ1) is 186. The second-order valence-corrected chi connectivity index (χ2v) is 1.15. The van der Waals surface area contributed by atoms with Gasteiger partial charge in [0.25, 0.3) is 0 Å². The molecule has 0 atom stereocenters. The Morgan fingerprint density at radius 3 is 0.167 bits per heavy atom. The van der Waals surface area contributed by atoms with Crippen molar-refractivity contribution >= 4 is 29.3 Å². The van der Waals surface area contributed by atoms with Gasteiger partial charge in [0.15, 0.2) is 0 Å². The third kappa shape index (κ3) is 684. The van der Waals surface area contributed by atoms with Crippen LogP contribution in [0.5, 0.6) is 0 Å². The van der Waals surface area contributed by atoms with Crippen molar-refractivity contribution in [3.8, 4) is 0 Å². The van der Waals surface area contributed by atoms with Crippen LogP contribution in [0.15, 0.2) is 0 Å². The Bertz CT molecular complexity index is 91.7. The molecule has 20 nitrogen and oxygen atoms in total. The van der Waals surface area contributed by atoms with E-state index in [1.54, 1.807) is 0 Å². The van der Waals surface area contributed by atoms with E-state index >= 15 is 0 Å². The SMILES string of the molecule is O.O.O.O.O.O.O.O.[Na+].[Na+].[Na+].[Na+].[Na+].[Na+].[Na+].[Na+].[Na+].[Na+].[Na+].[Na+].[O-]B([O-])[O-].[O-]B([O-])[O-].[O-]B([O-])[O-].[O-]B([O-])[O-]. The molecule has 0 unspecified atom stereocenters. The molecular weight excluding hydrogens is 639 g/mol. The van der Waals surface area contributed by atoms with Gasteiger partial charge in [-0.25, -0.2) is 0 Å². The maximum absolute atomic E-state index is 8.42. The molecule has 0 fully saturated rings. The predicted molar refractivity (Wildman–Crippen MR) is 51.9 cm³/mol. The van der Waals surface area contributed by atoms with Crippen LogP contribution in [0, 0.1) is 0 Å². The van der Waals surface area contributed by atoms with Crippen molar-refractivity contribution in [1.82, 2.24) is 0 Å². The van der Waals surface area contributed by atoms with Crippen LogP contribution >= 0.6 is 0 Å². The summed E-state index contributed by atoms with van der Waals surface area (Å²) in [5.41, 5.74) is 0. The largest absolute Gasteiger partial charge is 1.00 e. The van der Waals surface area contributed by atoms with E-state index in [1.165, 1.54) is 0 Å². The van der Waals surface area contributed by atoms with Gasteiger partial charge in [-0.15, -0.1) is 0 Å². The van der Waals surface area contributed by atoms with Crippen LogP contribution in [-0.4, -0.2) is 73.1 Å². The molecule has 0 spiro atoms. The summed E-state index contributed by atoms with van der Waals surface area (Å²) in [7, 11) is -11.7. The van der Waals surface area contributed by atoms with Crippen LogP contribution in [0.4, 0.5) is 0 Å². The molecular formula is H16B4Na12O20. The van der Waals surface area contributed by atoms with Gasteiger partial charge in [-0.1, -0.05) is 0 Å². The molecule has 0 saturated heterocycles. The topological polar surface area (TPSA) is 529 Å². The molecule has 0 heterocycles. The maximum atomic E-state index is 8.42. The third-order valence-electron chi connectivity index (χ3n) is 0. The smallest absolute Gasteiger partial charge is 0.907 e. The average molecular weight is 655 g/mol. The first-order valence-corrected chi connectivity index (χ1v) is 2.83. The fraction of sp³-hybridized carbons (Fsp3) is 0. The quantitative estimate of drug-likeness (QED) is 0.220. The summed E-state index contributed by atoms with van der Waals surface area (Å²) in [6, 6.07) is 0. The van der Waals surface area contributed by atoms with Crippen molar-refractivity contribution in [2.24, 2.45) is 0 Å². The van der Waals surface area contributed by atoms with Gasteiger partial charge < -0.3 is 104 Å². The molecule has 0 aliphatic heterocycles. The van der Waals surface area contributed by atoms with Crippen molar-refractivity contribution in [3.63, 3.8) is 0 Å². The van der Waals surface area contributed by atoms with Crippen LogP contribution in [0.3, 0.4) is 0 Å². The molecule has 0 bridgehead atoms. The van der Waals surface area contributed by atoms with Gasteiger partial charge >= 0.3 is 355 Å². The molecule has 36 heavy (non-hydrogen) atoms. The van der Waals surface area contributed by atoms with Crippen molar-refractivity contribution in [1.29, 1.82) is 0 Å². The van der Waals surface area contributed by atoms with E-state index in [4.69, 9.17) is 60.3 Å². The molecule has 0 saturated carbocycles. The molecule has 0 aliphatic carbocycles. The zero-order valence-corrected chi connectivity index (χ0v) is 47.2. The summed E-state index contributed by atoms with van der Waals surface area (Å²) < 4.78 is 0. The minimum absolute atomic E-state index is 0. The first-order valence-electron chi connectivity index (χ1n) is 2.83. The van der Waals surface area contributed by atoms with Crippen molar-refractivity contribution in [2.45, 2.75) is 0 Å². The Morgan fingerprint density at radius 2 is 0.167 bits per heavy atom. The molecule has 36 heteroatoms. The van der Waals surface area contributed by atoms with E-state index in [9.17, 15) is 0 Å². The zero-order valence-electron chi connectivity index (χ0n) is 23.2. The fourth-order valence-corrected chi connectivity index (χ4v) is 0. The van der Waals surface area contributed by atoms with Crippen molar-refractivity contribution in [3.05, 3.63) is 0 Å². The van der Waals surface area contributed by atoms with Gasteiger partial charge in [0.2, 0.25) is 0 Å². The molecule has 0 aromatic carbocycles. The number of hydrogen-bond acceptors (Lipinski definition) is 12. The van der Waals surface area contributed by atoms with E-state index in [-0.39, 0.29) is 398 Å². The number of rotatable bonds is 0. The average Bonchev–Trinajstić information content (AvgIpc) is 1.76. The Balaban J connectivity index is -0.00000000205. The van der Waals surface area contributed by atoms with Crippen molar-refractivity contribution in [2.75, 3.05) is 0 Å². The van der Waals surface area contributed by atoms with Crippen LogP contribution in [-0.2, 0) is 0 Å². The summed E-state index contributed by atoms with van der Waals surface area (Å²) in [4.78, 5) is 0. The second-order valence-electron chi connectivity index (χ2n) is 1.15. The minimum Gasteiger partial charge on any atom is -0.907 e. The van der Waals surface area contributed by atoms with Gasteiger partial charge in [0.1, 0.15) is 0 Å². The molecule has 160 valence electrons. The Labute approximate surface area is 475 Å². The molecule has 0 amide bonds. The van der Waals surface area contributed by atoms with Gasteiger partial charge in [-0.3, -0.25) is 29.3 Å². The summed E-state index contributed by atoms with van der Waals surface area (Å²) in [6.07, 6.45) is 0. The van der Waals surface area contributed by atoms with Crippen molar-refractivity contribution < 1.29 is 459 Å². The minimum atomic E-state index is -2.92.